The van der Waals surface area contributed by atoms with Crippen LogP contribution in [0.1, 0.15) is 60.3 Å². The lowest BCUT2D eigenvalue weighted by molar-refractivity contribution is -0.118. The summed E-state index contributed by atoms with van der Waals surface area (Å²) in [6.07, 6.45) is 4.32. The van der Waals surface area contributed by atoms with Gasteiger partial charge in [0.2, 0.25) is 0 Å². The monoisotopic (exact) mass is 309 g/mol. The first-order chi connectivity index (χ1) is 10.1. The standard InChI is InChI=1S/C17H27NO4/c1-16(2,3)22-15(20)18-13(11-21-17(18,4)5)10-12-6-8-14(19)9-7-12/h6,13H,7-11H2,1-5H3/t13-/m0/s1. The third-order valence-corrected chi connectivity index (χ3v) is 4.01. The van der Waals surface area contributed by atoms with Crippen molar-refractivity contribution >= 4 is 11.9 Å². The van der Waals surface area contributed by atoms with Gasteiger partial charge in [0, 0.05) is 12.8 Å². The van der Waals surface area contributed by atoms with Crippen LogP contribution in [0.2, 0.25) is 0 Å². The van der Waals surface area contributed by atoms with Crippen molar-refractivity contribution in [1.29, 1.82) is 0 Å². The van der Waals surface area contributed by atoms with Gasteiger partial charge in [-0.05, 0) is 47.5 Å². The van der Waals surface area contributed by atoms with Crippen LogP contribution < -0.4 is 0 Å². The zero-order valence-corrected chi connectivity index (χ0v) is 14.3. The van der Waals surface area contributed by atoms with E-state index in [9.17, 15) is 9.59 Å². The molecule has 1 aliphatic carbocycles. The van der Waals surface area contributed by atoms with Crippen LogP contribution in [-0.2, 0) is 14.3 Å². The van der Waals surface area contributed by atoms with Gasteiger partial charge in [-0.3, -0.25) is 9.69 Å². The number of rotatable bonds is 2. The van der Waals surface area contributed by atoms with E-state index in [1.54, 1.807) is 4.90 Å². The zero-order valence-electron chi connectivity index (χ0n) is 14.3. The molecule has 0 unspecified atom stereocenters. The highest BCUT2D eigenvalue weighted by Gasteiger charge is 2.45. The van der Waals surface area contributed by atoms with E-state index in [1.807, 2.05) is 40.7 Å². The topological polar surface area (TPSA) is 55.8 Å². The van der Waals surface area contributed by atoms with Gasteiger partial charge in [0.05, 0.1) is 12.6 Å². The molecule has 5 nitrogen and oxygen atoms in total. The van der Waals surface area contributed by atoms with E-state index in [1.165, 1.54) is 5.57 Å². The average molecular weight is 309 g/mol. The molecule has 1 heterocycles. The van der Waals surface area contributed by atoms with Gasteiger partial charge in [-0.15, -0.1) is 0 Å². The Hall–Kier alpha value is -1.36. The van der Waals surface area contributed by atoms with Crippen LogP contribution >= 0.6 is 0 Å². The predicted octanol–water partition coefficient (Wildman–Crippen LogP) is 3.43. The van der Waals surface area contributed by atoms with Crippen molar-refractivity contribution in [3.63, 3.8) is 0 Å². The molecule has 1 amide bonds. The molecule has 0 bridgehead atoms. The summed E-state index contributed by atoms with van der Waals surface area (Å²) in [6.45, 7) is 9.85. The van der Waals surface area contributed by atoms with Gasteiger partial charge < -0.3 is 9.47 Å². The lowest BCUT2D eigenvalue weighted by Crippen LogP contribution is -2.50. The van der Waals surface area contributed by atoms with Crippen LogP contribution in [0.5, 0.6) is 0 Å². The molecule has 22 heavy (non-hydrogen) atoms. The SMILES string of the molecule is CC(C)(C)OC(=O)N1[C@@H](CC2=CCC(=O)CC2)COC1(C)C. The van der Waals surface area contributed by atoms with Crippen LogP contribution in [0, 0.1) is 0 Å². The van der Waals surface area contributed by atoms with Crippen molar-refractivity contribution in [3.05, 3.63) is 11.6 Å². The summed E-state index contributed by atoms with van der Waals surface area (Å²) in [7, 11) is 0. The molecule has 0 N–H and O–H groups in total. The normalized spacial score (nSPS) is 25.1. The van der Waals surface area contributed by atoms with Crippen LogP contribution in [0.15, 0.2) is 11.6 Å². The number of nitrogens with zero attached hydrogens (tertiary/aromatic N) is 1. The minimum absolute atomic E-state index is 0.0377. The molecule has 0 radical (unpaired) electrons. The van der Waals surface area contributed by atoms with Gasteiger partial charge in [-0.25, -0.2) is 4.79 Å². The number of carbonyl (C=O) groups excluding carboxylic acids is 2. The summed E-state index contributed by atoms with van der Waals surface area (Å²) in [5.41, 5.74) is 0.0361. The van der Waals surface area contributed by atoms with Gasteiger partial charge in [0.15, 0.2) is 0 Å². The first-order valence-electron chi connectivity index (χ1n) is 7.94. The van der Waals surface area contributed by atoms with Crippen molar-refractivity contribution in [3.8, 4) is 0 Å². The number of ether oxygens (including phenoxy) is 2. The molecule has 1 aliphatic heterocycles. The lowest BCUT2D eigenvalue weighted by Gasteiger charge is -2.35. The summed E-state index contributed by atoms with van der Waals surface area (Å²) in [4.78, 5) is 25.6. The number of Topliss-reactive ketones (excluding diaryl/α,β-unsaturated/α-hetero) is 1. The zero-order chi connectivity index (χ0) is 16.5. The summed E-state index contributed by atoms with van der Waals surface area (Å²) in [5.74, 6) is 0.288. The Morgan fingerprint density at radius 1 is 1.41 bits per heavy atom. The van der Waals surface area contributed by atoms with E-state index in [4.69, 9.17) is 9.47 Å². The van der Waals surface area contributed by atoms with Crippen LogP contribution in [0.3, 0.4) is 0 Å². The number of ketones is 1. The fraction of sp³-hybridized carbons (Fsp3) is 0.765. The third-order valence-electron chi connectivity index (χ3n) is 4.01. The van der Waals surface area contributed by atoms with E-state index in [0.29, 0.717) is 19.4 Å². The molecule has 5 heteroatoms. The van der Waals surface area contributed by atoms with Crippen molar-refractivity contribution in [1.82, 2.24) is 4.90 Å². The molecule has 0 aromatic carbocycles. The third kappa shape index (κ3) is 4.09. The predicted molar refractivity (Wildman–Crippen MR) is 83.5 cm³/mol. The Labute approximate surface area is 132 Å². The maximum absolute atomic E-state index is 12.5. The molecule has 0 aromatic heterocycles. The smallest absolute Gasteiger partial charge is 0.412 e. The molecular formula is C17H27NO4. The van der Waals surface area contributed by atoms with E-state index in [0.717, 1.165) is 12.8 Å². The second kappa shape index (κ2) is 6.03. The summed E-state index contributed by atoms with van der Waals surface area (Å²) < 4.78 is 11.3. The van der Waals surface area contributed by atoms with Gasteiger partial charge in [-0.2, -0.15) is 0 Å². The van der Waals surface area contributed by atoms with Gasteiger partial charge in [0.1, 0.15) is 17.1 Å². The summed E-state index contributed by atoms with van der Waals surface area (Å²) in [6, 6.07) is -0.0377. The number of allylic oxidation sites excluding steroid dienone is 1. The van der Waals surface area contributed by atoms with Crippen molar-refractivity contribution in [2.45, 2.75) is 77.7 Å². The van der Waals surface area contributed by atoms with Gasteiger partial charge in [0.25, 0.3) is 0 Å². The fourth-order valence-electron chi connectivity index (χ4n) is 2.96. The Morgan fingerprint density at radius 3 is 2.64 bits per heavy atom. The molecule has 124 valence electrons. The van der Waals surface area contributed by atoms with Gasteiger partial charge >= 0.3 is 6.09 Å². The molecule has 0 saturated carbocycles. The first-order valence-corrected chi connectivity index (χ1v) is 7.94. The quantitative estimate of drug-likeness (QED) is 0.733. The molecular weight excluding hydrogens is 282 g/mol. The molecule has 1 fully saturated rings. The lowest BCUT2D eigenvalue weighted by atomic mass is 9.93. The molecule has 1 atom stereocenters. The number of carbonyl (C=O) groups is 2. The minimum Gasteiger partial charge on any atom is -0.444 e. The molecule has 0 spiro atoms. The van der Waals surface area contributed by atoms with Crippen molar-refractivity contribution in [2.75, 3.05) is 6.61 Å². The largest absolute Gasteiger partial charge is 0.444 e. The highest BCUT2D eigenvalue weighted by Crippen LogP contribution is 2.33. The summed E-state index contributed by atoms with van der Waals surface area (Å²) in [5, 5.41) is 0. The number of hydrogen-bond acceptors (Lipinski definition) is 4. The van der Waals surface area contributed by atoms with Gasteiger partial charge in [-0.1, -0.05) is 11.6 Å². The maximum Gasteiger partial charge on any atom is 0.412 e. The maximum atomic E-state index is 12.5. The highest BCUT2D eigenvalue weighted by atomic mass is 16.6. The number of amides is 1. The second-order valence-corrected chi connectivity index (χ2v) is 7.57. The highest BCUT2D eigenvalue weighted by molar-refractivity contribution is 5.81. The second-order valence-electron chi connectivity index (χ2n) is 7.57. The summed E-state index contributed by atoms with van der Waals surface area (Å²) >= 11 is 0. The molecule has 2 aliphatic rings. The fourth-order valence-corrected chi connectivity index (χ4v) is 2.96. The van der Waals surface area contributed by atoms with Crippen LogP contribution in [-0.4, -0.2) is 40.8 Å². The first kappa shape index (κ1) is 17.0. The van der Waals surface area contributed by atoms with E-state index < -0.39 is 11.3 Å². The number of hydrogen-bond donors (Lipinski definition) is 0. The van der Waals surface area contributed by atoms with Crippen LogP contribution in [0.25, 0.3) is 0 Å². The Bertz CT molecular complexity index is 487. The Balaban J connectivity index is 2.09. The van der Waals surface area contributed by atoms with E-state index in [-0.39, 0.29) is 17.9 Å². The van der Waals surface area contributed by atoms with E-state index in [2.05, 4.69) is 0 Å². The van der Waals surface area contributed by atoms with E-state index >= 15 is 0 Å². The van der Waals surface area contributed by atoms with Crippen molar-refractivity contribution < 1.29 is 19.1 Å². The van der Waals surface area contributed by atoms with Crippen LogP contribution in [0.4, 0.5) is 4.79 Å². The Morgan fingerprint density at radius 2 is 2.09 bits per heavy atom. The average Bonchev–Trinajstić information content (AvgIpc) is 2.65. The molecule has 2 rings (SSSR count). The Kier molecular flexibility index (Phi) is 4.66. The molecule has 0 aromatic rings. The van der Waals surface area contributed by atoms with Crippen molar-refractivity contribution in [2.24, 2.45) is 0 Å². The minimum atomic E-state index is -0.669. The molecule has 1 saturated heterocycles.